The number of aryl methyl sites for hydroxylation is 1. The van der Waals surface area contributed by atoms with Gasteiger partial charge < -0.3 is 10.1 Å². The Hall–Kier alpha value is -2.29. The third-order valence-corrected chi connectivity index (χ3v) is 4.98. The van der Waals surface area contributed by atoms with E-state index in [2.05, 4.69) is 54.7 Å². The van der Waals surface area contributed by atoms with Gasteiger partial charge in [0, 0.05) is 23.2 Å². The fourth-order valence-electron chi connectivity index (χ4n) is 2.94. The van der Waals surface area contributed by atoms with Crippen molar-refractivity contribution in [3.63, 3.8) is 0 Å². The highest BCUT2D eigenvalue weighted by atomic mass is 35.5. The number of benzene rings is 3. The third kappa shape index (κ3) is 6.42. The van der Waals surface area contributed by atoms with Crippen LogP contribution < -0.4 is 10.1 Å². The monoisotopic (exact) mass is 379 g/mol. The number of ether oxygens (including phenoxy) is 1. The van der Waals surface area contributed by atoms with Gasteiger partial charge in [0.05, 0.1) is 0 Å². The molecular formula is C24H26ClNO. The molecule has 0 spiro atoms. The molecule has 0 aliphatic carbocycles. The van der Waals surface area contributed by atoms with E-state index in [9.17, 15) is 0 Å². The molecule has 140 valence electrons. The molecule has 0 saturated heterocycles. The maximum Gasteiger partial charge on any atom is 0.120 e. The van der Waals surface area contributed by atoms with Crippen molar-refractivity contribution >= 4 is 11.6 Å². The van der Waals surface area contributed by atoms with Gasteiger partial charge in [-0.25, -0.2) is 0 Å². The number of hydrogen-bond donors (Lipinski definition) is 1. The number of halogens is 1. The fraction of sp³-hybridized carbons (Fsp3) is 0.250. The van der Waals surface area contributed by atoms with Gasteiger partial charge in [0.2, 0.25) is 0 Å². The van der Waals surface area contributed by atoms with Gasteiger partial charge in [-0.2, -0.15) is 0 Å². The normalized spacial score (nSPS) is 11.9. The molecule has 0 aliphatic heterocycles. The molecule has 3 aromatic rings. The van der Waals surface area contributed by atoms with E-state index >= 15 is 0 Å². The summed E-state index contributed by atoms with van der Waals surface area (Å²) in [5.41, 5.74) is 3.61. The first-order chi connectivity index (χ1) is 13.2. The lowest BCUT2D eigenvalue weighted by molar-refractivity contribution is 0.306. The summed E-state index contributed by atoms with van der Waals surface area (Å²) in [5, 5.41) is 4.34. The van der Waals surface area contributed by atoms with Crippen molar-refractivity contribution in [2.75, 3.05) is 0 Å². The van der Waals surface area contributed by atoms with E-state index in [0.29, 0.717) is 12.6 Å². The summed E-state index contributed by atoms with van der Waals surface area (Å²) >= 11 is 6.19. The van der Waals surface area contributed by atoms with Crippen LogP contribution in [-0.4, -0.2) is 6.04 Å². The van der Waals surface area contributed by atoms with Crippen LogP contribution in [0.1, 0.15) is 30.0 Å². The average Bonchev–Trinajstić information content (AvgIpc) is 2.71. The Kier molecular flexibility index (Phi) is 7.32. The highest BCUT2D eigenvalue weighted by Gasteiger charge is 2.04. The largest absolute Gasteiger partial charge is 0.489 e. The molecule has 0 fully saturated rings. The minimum absolute atomic E-state index is 0.456. The van der Waals surface area contributed by atoms with E-state index in [4.69, 9.17) is 16.3 Å². The van der Waals surface area contributed by atoms with Crippen molar-refractivity contribution in [1.29, 1.82) is 0 Å². The van der Waals surface area contributed by atoms with Crippen LogP contribution in [0.15, 0.2) is 78.9 Å². The van der Waals surface area contributed by atoms with Crippen molar-refractivity contribution in [2.24, 2.45) is 0 Å². The van der Waals surface area contributed by atoms with E-state index in [1.165, 1.54) is 11.1 Å². The molecule has 3 rings (SSSR count). The highest BCUT2D eigenvalue weighted by Crippen LogP contribution is 2.19. The first-order valence-electron chi connectivity index (χ1n) is 9.43. The highest BCUT2D eigenvalue weighted by molar-refractivity contribution is 6.31. The summed E-state index contributed by atoms with van der Waals surface area (Å²) in [6.45, 7) is 3.55. The summed E-state index contributed by atoms with van der Waals surface area (Å²) < 4.78 is 5.91. The molecule has 3 heteroatoms. The molecule has 1 N–H and O–H groups in total. The maximum atomic E-state index is 6.19. The second kappa shape index (κ2) is 10.1. The second-order valence-corrected chi connectivity index (χ2v) is 7.24. The Balaban J connectivity index is 1.46. The smallest absolute Gasteiger partial charge is 0.120 e. The standard InChI is InChI=1S/C24H26ClNO/c1-19(14-15-20-8-3-2-4-9-20)26-17-21-10-7-12-23(16-21)27-18-22-11-5-6-13-24(22)25/h2-13,16,19,26H,14-15,17-18H2,1H3/t19-/m0/s1. The summed E-state index contributed by atoms with van der Waals surface area (Å²) in [7, 11) is 0. The van der Waals surface area contributed by atoms with Crippen LogP contribution >= 0.6 is 11.6 Å². The molecule has 0 aromatic heterocycles. The Labute approximate surface area is 167 Å². The first-order valence-corrected chi connectivity index (χ1v) is 9.81. The average molecular weight is 380 g/mol. The summed E-state index contributed by atoms with van der Waals surface area (Å²) in [5.74, 6) is 0.867. The molecule has 0 aliphatic rings. The molecule has 0 heterocycles. The van der Waals surface area contributed by atoms with Gasteiger partial charge in [-0.3, -0.25) is 0 Å². The lowest BCUT2D eigenvalue weighted by Crippen LogP contribution is -2.25. The molecule has 0 radical (unpaired) electrons. The molecule has 2 nitrogen and oxygen atoms in total. The fourth-order valence-corrected chi connectivity index (χ4v) is 3.13. The van der Waals surface area contributed by atoms with Gasteiger partial charge >= 0.3 is 0 Å². The number of hydrogen-bond acceptors (Lipinski definition) is 2. The number of nitrogens with one attached hydrogen (secondary N) is 1. The minimum atomic E-state index is 0.456. The van der Waals surface area contributed by atoms with Crippen LogP contribution in [0.2, 0.25) is 5.02 Å². The zero-order valence-corrected chi connectivity index (χ0v) is 16.5. The molecule has 3 aromatic carbocycles. The minimum Gasteiger partial charge on any atom is -0.489 e. The van der Waals surface area contributed by atoms with Crippen LogP contribution in [0.4, 0.5) is 0 Å². The lowest BCUT2D eigenvalue weighted by atomic mass is 10.1. The van der Waals surface area contributed by atoms with Gasteiger partial charge in [-0.05, 0) is 49.1 Å². The van der Waals surface area contributed by atoms with Gasteiger partial charge in [-0.15, -0.1) is 0 Å². The molecular weight excluding hydrogens is 354 g/mol. The summed E-state index contributed by atoms with van der Waals surface area (Å²) in [6, 6.07) is 27.1. The van der Waals surface area contributed by atoms with Gasteiger partial charge in [0.25, 0.3) is 0 Å². The van der Waals surface area contributed by atoms with E-state index in [1.54, 1.807) is 0 Å². The van der Waals surface area contributed by atoms with Gasteiger partial charge in [-0.1, -0.05) is 72.3 Å². The molecule has 0 unspecified atom stereocenters. The molecule has 0 bridgehead atoms. The van der Waals surface area contributed by atoms with Crippen LogP contribution in [0.25, 0.3) is 0 Å². The van der Waals surface area contributed by atoms with Gasteiger partial charge in [0.15, 0.2) is 0 Å². The Morgan fingerprint density at radius 2 is 1.63 bits per heavy atom. The zero-order chi connectivity index (χ0) is 18.9. The van der Waals surface area contributed by atoms with Crippen LogP contribution in [-0.2, 0) is 19.6 Å². The molecule has 1 atom stereocenters. The Morgan fingerprint density at radius 3 is 2.44 bits per heavy atom. The maximum absolute atomic E-state index is 6.19. The zero-order valence-electron chi connectivity index (χ0n) is 15.7. The van der Waals surface area contributed by atoms with Crippen LogP contribution in [0.3, 0.4) is 0 Å². The Morgan fingerprint density at radius 1 is 0.889 bits per heavy atom. The van der Waals surface area contributed by atoms with Gasteiger partial charge in [0.1, 0.15) is 12.4 Å². The topological polar surface area (TPSA) is 21.3 Å². The summed E-state index contributed by atoms with van der Waals surface area (Å²) in [6.07, 6.45) is 2.21. The SMILES string of the molecule is C[C@@H](CCc1ccccc1)NCc1cccc(OCc2ccccc2Cl)c1. The third-order valence-electron chi connectivity index (χ3n) is 4.61. The molecule has 27 heavy (non-hydrogen) atoms. The number of rotatable bonds is 9. The Bertz CT molecular complexity index is 835. The van der Waals surface area contributed by atoms with Crippen molar-refractivity contribution in [3.8, 4) is 5.75 Å². The second-order valence-electron chi connectivity index (χ2n) is 6.83. The van der Waals surface area contributed by atoms with E-state index in [0.717, 1.165) is 35.7 Å². The predicted molar refractivity (Wildman–Crippen MR) is 113 cm³/mol. The van der Waals surface area contributed by atoms with Crippen LogP contribution in [0, 0.1) is 0 Å². The van der Waals surface area contributed by atoms with E-state index in [-0.39, 0.29) is 0 Å². The molecule has 0 amide bonds. The predicted octanol–water partition coefficient (Wildman–Crippen LogP) is 6.03. The lowest BCUT2D eigenvalue weighted by Gasteiger charge is -2.15. The summed E-state index contributed by atoms with van der Waals surface area (Å²) in [4.78, 5) is 0. The van der Waals surface area contributed by atoms with E-state index < -0.39 is 0 Å². The van der Waals surface area contributed by atoms with Crippen molar-refractivity contribution in [2.45, 2.75) is 39.0 Å². The quantitative estimate of drug-likeness (QED) is 0.490. The first kappa shape index (κ1) is 19.5. The molecule has 0 saturated carbocycles. The van der Waals surface area contributed by atoms with Crippen molar-refractivity contribution in [3.05, 3.63) is 101 Å². The van der Waals surface area contributed by atoms with Crippen molar-refractivity contribution < 1.29 is 4.74 Å². The van der Waals surface area contributed by atoms with Crippen molar-refractivity contribution in [1.82, 2.24) is 5.32 Å². The van der Waals surface area contributed by atoms with Crippen LogP contribution in [0.5, 0.6) is 5.75 Å². The van der Waals surface area contributed by atoms with E-state index in [1.807, 2.05) is 36.4 Å².